The fourth-order valence-electron chi connectivity index (χ4n) is 3.52. The first-order chi connectivity index (χ1) is 11.9. The van der Waals surface area contributed by atoms with Crippen LogP contribution in [-0.2, 0) is 10.2 Å². The summed E-state index contributed by atoms with van der Waals surface area (Å²) in [5.41, 5.74) is 1.34. The molecule has 1 aliphatic rings. The van der Waals surface area contributed by atoms with Crippen LogP contribution < -0.4 is 5.32 Å². The third-order valence-corrected chi connectivity index (χ3v) is 5.01. The van der Waals surface area contributed by atoms with Crippen LogP contribution >= 0.6 is 0 Å². The van der Waals surface area contributed by atoms with Crippen LogP contribution in [0.25, 0.3) is 0 Å². The van der Waals surface area contributed by atoms with Crippen LogP contribution in [0.1, 0.15) is 32.8 Å². The Labute approximate surface area is 152 Å². The second-order valence-corrected chi connectivity index (χ2v) is 7.63. The molecule has 1 saturated heterocycles. The molecule has 140 valence electrons. The van der Waals surface area contributed by atoms with Crippen molar-refractivity contribution in [3.05, 3.63) is 35.9 Å². The monoisotopic (exact) mass is 347 g/mol. The molecule has 0 bridgehead atoms. The van der Waals surface area contributed by atoms with Crippen molar-refractivity contribution in [3.63, 3.8) is 0 Å². The standard InChI is InChI=1S/C20H33N3O2/c1-17(16-20(2,3)18-8-6-5-7-9-18)21-19(24)23-12-10-22(11-13-23)14-15-25-4/h5-9,17H,10-16H2,1-4H3,(H,21,24). The van der Waals surface area contributed by atoms with Gasteiger partial charge in [0.05, 0.1) is 6.61 Å². The van der Waals surface area contributed by atoms with Gasteiger partial charge in [-0.15, -0.1) is 0 Å². The number of hydrogen-bond acceptors (Lipinski definition) is 3. The molecule has 25 heavy (non-hydrogen) atoms. The highest BCUT2D eigenvalue weighted by atomic mass is 16.5. The summed E-state index contributed by atoms with van der Waals surface area (Å²) in [7, 11) is 1.72. The number of urea groups is 1. The van der Waals surface area contributed by atoms with Crippen LogP contribution in [0.3, 0.4) is 0 Å². The zero-order valence-corrected chi connectivity index (χ0v) is 16.1. The molecule has 1 aliphatic heterocycles. The number of nitrogens with zero attached hydrogens (tertiary/aromatic N) is 2. The molecule has 1 fully saturated rings. The molecule has 1 aromatic rings. The Morgan fingerprint density at radius 3 is 2.44 bits per heavy atom. The van der Waals surface area contributed by atoms with Gasteiger partial charge in [-0.2, -0.15) is 0 Å². The Morgan fingerprint density at radius 2 is 1.84 bits per heavy atom. The third-order valence-electron chi connectivity index (χ3n) is 5.01. The SMILES string of the molecule is COCCN1CCN(C(=O)NC(C)CC(C)(C)c2ccccc2)CC1. The second kappa shape index (κ2) is 9.20. The van der Waals surface area contributed by atoms with Crippen molar-refractivity contribution in [2.45, 2.75) is 38.6 Å². The Kier molecular flexibility index (Phi) is 7.26. The van der Waals surface area contributed by atoms with Crippen molar-refractivity contribution in [1.29, 1.82) is 0 Å². The van der Waals surface area contributed by atoms with Crippen LogP contribution in [0, 0.1) is 0 Å². The van der Waals surface area contributed by atoms with Gasteiger partial charge in [0.25, 0.3) is 0 Å². The number of carbonyl (C=O) groups excluding carboxylic acids is 1. The molecule has 2 amide bonds. The predicted molar refractivity (Wildman–Crippen MR) is 102 cm³/mol. The third kappa shape index (κ3) is 6.01. The predicted octanol–water partition coefficient (Wildman–Crippen LogP) is 2.72. The fourth-order valence-corrected chi connectivity index (χ4v) is 3.52. The van der Waals surface area contributed by atoms with Crippen LogP contribution in [0.5, 0.6) is 0 Å². The summed E-state index contributed by atoms with van der Waals surface area (Å²) < 4.78 is 5.12. The summed E-state index contributed by atoms with van der Waals surface area (Å²) in [6, 6.07) is 10.7. The molecule has 0 spiro atoms. The van der Waals surface area contributed by atoms with Gasteiger partial charge in [0.1, 0.15) is 0 Å². The number of rotatable bonds is 7. The van der Waals surface area contributed by atoms with Gasteiger partial charge in [0.2, 0.25) is 0 Å². The van der Waals surface area contributed by atoms with Crippen LogP contribution in [0.15, 0.2) is 30.3 Å². The largest absolute Gasteiger partial charge is 0.383 e. The highest BCUT2D eigenvalue weighted by Gasteiger charge is 2.26. The Hall–Kier alpha value is -1.59. The van der Waals surface area contributed by atoms with Crippen LogP contribution in [-0.4, -0.2) is 68.3 Å². The number of carbonyl (C=O) groups is 1. The number of amides is 2. The van der Waals surface area contributed by atoms with Crippen molar-refractivity contribution in [2.24, 2.45) is 0 Å². The maximum Gasteiger partial charge on any atom is 0.317 e. The van der Waals surface area contributed by atoms with E-state index in [9.17, 15) is 4.79 Å². The smallest absolute Gasteiger partial charge is 0.317 e. The lowest BCUT2D eigenvalue weighted by atomic mass is 9.79. The van der Waals surface area contributed by atoms with Crippen molar-refractivity contribution < 1.29 is 9.53 Å². The summed E-state index contributed by atoms with van der Waals surface area (Å²) in [6.45, 7) is 11.7. The van der Waals surface area contributed by atoms with E-state index in [0.29, 0.717) is 0 Å². The van der Waals surface area contributed by atoms with E-state index in [1.165, 1.54) is 5.56 Å². The fraction of sp³-hybridized carbons (Fsp3) is 0.650. The second-order valence-electron chi connectivity index (χ2n) is 7.63. The topological polar surface area (TPSA) is 44.8 Å². The molecule has 5 heteroatoms. The molecular weight excluding hydrogens is 314 g/mol. The lowest BCUT2D eigenvalue weighted by Gasteiger charge is -2.36. The van der Waals surface area contributed by atoms with Crippen molar-refractivity contribution in [3.8, 4) is 0 Å². The minimum absolute atomic E-state index is 0.0345. The Balaban J connectivity index is 1.79. The molecule has 1 heterocycles. The van der Waals surface area contributed by atoms with E-state index in [-0.39, 0.29) is 17.5 Å². The van der Waals surface area contributed by atoms with Crippen molar-refractivity contribution >= 4 is 6.03 Å². The van der Waals surface area contributed by atoms with Crippen LogP contribution in [0.4, 0.5) is 4.79 Å². The van der Waals surface area contributed by atoms with Gasteiger partial charge in [-0.05, 0) is 24.3 Å². The molecule has 1 atom stereocenters. The summed E-state index contributed by atoms with van der Waals surface area (Å²) in [6.07, 6.45) is 0.913. The van der Waals surface area contributed by atoms with E-state index in [2.05, 4.69) is 55.3 Å². The van der Waals surface area contributed by atoms with Gasteiger partial charge in [0, 0.05) is 45.9 Å². The number of hydrogen-bond donors (Lipinski definition) is 1. The van der Waals surface area contributed by atoms with Crippen molar-refractivity contribution in [2.75, 3.05) is 46.4 Å². The maximum absolute atomic E-state index is 12.5. The van der Waals surface area contributed by atoms with Gasteiger partial charge in [-0.3, -0.25) is 4.90 Å². The van der Waals surface area contributed by atoms with E-state index < -0.39 is 0 Å². The zero-order valence-electron chi connectivity index (χ0n) is 16.1. The van der Waals surface area contributed by atoms with Gasteiger partial charge >= 0.3 is 6.03 Å². The summed E-state index contributed by atoms with van der Waals surface area (Å²) >= 11 is 0. The number of benzene rings is 1. The van der Waals surface area contributed by atoms with Crippen molar-refractivity contribution in [1.82, 2.24) is 15.1 Å². The van der Waals surface area contributed by atoms with Gasteiger partial charge in [-0.1, -0.05) is 44.2 Å². The molecule has 0 aromatic heterocycles. The first-order valence-electron chi connectivity index (χ1n) is 9.24. The molecule has 0 radical (unpaired) electrons. The normalized spacial score (nSPS) is 17.4. The van der Waals surface area contributed by atoms with E-state index in [0.717, 1.165) is 45.8 Å². The van der Waals surface area contributed by atoms with E-state index >= 15 is 0 Å². The number of nitrogens with one attached hydrogen (secondary N) is 1. The summed E-state index contributed by atoms with van der Waals surface area (Å²) in [5, 5.41) is 3.18. The molecule has 0 aliphatic carbocycles. The highest BCUT2D eigenvalue weighted by Crippen LogP contribution is 2.28. The van der Waals surface area contributed by atoms with Crippen LogP contribution in [0.2, 0.25) is 0 Å². The van der Waals surface area contributed by atoms with E-state index in [1.54, 1.807) is 7.11 Å². The molecule has 0 saturated carbocycles. The molecular formula is C20H33N3O2. The minimum atomic E-state index is 0.0345. The number of piperazine rings is 1. The maximum atomic E-state index is 12.5. The summed E-state index contributed by atoms with van der Waals surface area (Å²) in [5.74, 6) is 0. The van der Waals surface area contributed by atoms with Gasteiger partial charge < -0.3 is 15.0 Å². The first kappa shape index (κ1) is 19.7. The quantitative estimate of drug-likeness (QED) is 0.825. The van der Waals surface area contributed by atoms with Gasteiger partial charge in [-0.25, -0.2) is 4.79 Å². The molecule has 2 rings (SSSR count). The molecule has 5 nitrogen and oxygen atoms in total. The molecule has 1 aromatic carbocycles. The first-order valence-corrected chi connectivity index (χ1v) is 9.24. The lowest BCUT2D eigenvalue weighted by molar-refractivity contribution is 0.105. The Morgan fingerprint density at radius 1 is 1.20 bits per heavy atom. The minimum Gasteiger partial charge on any atom is -0.383 e. The summed E-state index contributed by atoms with van der Waals surface area (Å²) in [4.78, 5) is 16.8. The average Bonchev–Trinajstić information content (AvgIpc) is 2.60. The van der Waals surface area contributed by atoms with E-state index in [4.69, 9.17) is 4.74 Å². The highest BCUT2D eigenvalue weighted by molar-refractivity contribution is 5.74. The Bertz CT molecular complexity index is 525. The average molecular weight is 348 g/mol. The van der Waals surface area contributed by atoms with Gasteiger partial charge in [0.15, 0.2) is 0 Å². The lowest BCUT2D eigenvalue weighted by Crippen LogP contribution is -2.53. The number of methoxy groups -OCH3 is 1. The zero-order chi connectivity index (χ0) is 18.3. The van der Waals surface area contributed by atoms with E-state index in [1.807, 2.05) is 11.0 Å². The molecule has 1 unspecified atom stereocenters. The number of ether oxygens (including phenoxy) is 1. The molecule has 1 N–H and O–H groups in total.